The van der Waals surface area contributed by atoms with Crippen molar-refractivity contribution in [3.63, 3.8) is 0 Å². The van der Waals surface area contributed by atoms with E-state index >= 15 is 0 Å². The van der Waals surface area contributed by atoms with Crippen molar-refractivity contribution in [1.29, 1.82) is 0 Å². The highest BCUT2D eigenvalue weighted by molar-refractivity contribution is 5.49. The van der Waals surface area contributed by atoms with Crippen molar-refractivity contribution in [3.05, 3.63) is 68.6 Å². The van der Waals surface area contributed by atoms with E-state index in [2.05, 4.69) is 25.2 Å². The molecule has 3 atom stereocenters. The summed E-state index contributed by atoms with van der Waals surface area (Å²) in [5, 5.41) is 10.2. The molecule has 0 aliphatic rings. The highest BCUT2D eigenvalue weighted by atomic mass is 16.6. The summed E-state index contributed by atoms with van der Waals surface area (Å²) < 4.78 is 10.8. The number of methoxy groups -OCH3 is 1. The van der Waals surface area contributed by atoms with Crippen LogP contribution in [0, 0.1) is 25.7 Å². The van der Waals surface area contributed by atoms with Crippen LogP contribution in [0.25, 0.3) is 6.08 Å². The van der Waals surface area contributed by atoms with Crippen LogP contribution in [-0.4, -0.2) is 18.3 Å². The summed E-state index contributed by atoms with van der Waals surface area (Å²) in [6, 6.07) is 0. The van der Waals surface area contributed by atoms with Crippen molar-refractivity contribution in [1.82, 2.24) is 0 Å². The van der Waals surface area contributed by atoms with Crippen LogP contribution in [-0.2, 0) is 0 Å². The van der Waals surface area contributed by atoms with Crippen molar-refractivity contribution < 1.29 is 14.3 Å². The molecule has 0 saturated carbocycles. The molecule has 29 heavy (non-hydrogen) atoms. The molecule has 0 radical (unpaired) electrons. The van der Waals surface area contributed by atoms with E-state index in [1.165, 1.54) is 7.11 Å². The second-order valence-electron chi connectivity index (χ2n) is 7.76. The van der Waals surface area contributed by atoms with Crippen LogP contribution in [0.15, 0.2) is 50.7 Å². The van der Waals surface area contributed by atoms with E-state index in [0.717, 1.165) is 17.6 Å². The number of aliphatic hydroxyl groups excluding tert-OH is 1. The first-order valence-electron chi connectivity index (χ1n) is 10.1. The molecule has 4 heteroatoms. The van der Waals surface area contributed by atoms with Gasteiger partial charge in [-0.05, 0) is 58.6 Å². The zero-order valence-corrected chi connectivity index (χ0v) is 19.1. The Balaban J connectivity index is 2.76. The number of aliphatic hydroxyl groups is 1. The zero-order chi connectivity index (χ0) is 22.1. The summed E-state index contributed by atoms with van der Waals surface area (Å²) in [5.74, 6) is 1.14. The lowest BCUT2D eigenvalue weighted by atomic mass is 9.96. The Morgan fingerprint density at radius 3 is 2.45 bits per heavy atom. The zero-order valence-electron chi connectivity index (χ0n) is 19.1. The molecule has 0 spiro atoms. The maximum atomic E-state index is 12.2. The van der Waals surface area contributed by atoms with E-state index in [0.29, 0.717) is 16.9 Å². The second-order valence-corrected chi connectivity index (χ2v) is 7.76. The molecule has 1 aromatic rings. The van der Waals surface area contributed by atoms with E-state index in [1.54, 1.807) is 13.8 Å². The minimum absolute atomic E-state index is 0.0504. The summed E-state index contributed by atoms with van der Waals surface area (Å²) >= 11 is 0. The Morgan fingerprint density at radius 1 is 1.21 bits per heavy atom. The van der Waals surface area contributed by atoms with Crippen LogP contribution in [0.3, 0.4) is 0 Å². The number of allylic oxidation sites excluding steroid dienone is 5. The monoisotopic (exact) mass is 400 g/mol. The third kappa shape index (κ3) is 7.21. The summed E-state index contributed by atoms with van der Waals surface area (Å²) in [6.07, 6.45) is 12.5. The molecular formula is C25H36O4. The molecule has 160 valence electrons. The van der Waals surface area contributed by atoms with Gasteiger partial charge in [-0.2, -0.15) is 0 Å². The normalized spacial score (nSPS) is 16.4. The molecule has 0 amide bonds. The fourth-order valence-electron chi connectivity index (χ4n) is 3.04. The standard InChI is InChI=1S/C25H36O4/c1-9-18(4)23(26)19(5)15-17(3)12-10-11-16(2)13-14-22-20(6)24(27)21(7)25(28-8)29-22/h9-10,12-16,19,23,26H,11H2,1-8H3/t16-,19-,23+/m1/s1. The minimum atomic E-state index is -0.449. The van der Waals surface area contributed by atoms with Crippen molar-refractivity contribution in [2.24, 2.45) is 11.8 Å². The molecule has 0 unspecified atom stereocenters. The highest BCUT2D eigenvalue weighted by Crippen LogP contribution is 2.21. The SMILES string of the molecule is CC=C(C)[C@H](O)[C@H](C)C=C(C)C=CC[C@@H](C)C=Cc1oc(OC)c(C)c(=O)c1C. The topological polar surface area (TPSA) is 59.7 Å². The molecule has 0 aliphatic heterocycles. The fourth-order valence-corrected chi connectivity index (χ4v) is 3.04. The lowest BCUT2D eigenvalue weighted by Crippen LogP contribution is -2.17. The van der Waals surface area contributed by atoms with Gasteiger partial charge in [0.05, 0.1) is 18.8 Å². The Hall–Kier alpha value is -2.33. The fraction of sp³-hybridized carbons (Fsp3) is 0.480. The second kappa shape index (κ2) is 11.6. The van der Waals surface area contributed by atoms with E-state index in [9.17, 15) is 9.90 Å². The van der Waals surface area contributed by atoms with Gasteiger partial charge in [0.2, 0.25) is 0 Å². The highest BCUT2D eigenvalue weighted by Gasteiger charge is 2.13. The summed E-state index contributed by atoms with van der Waals surface area (Å²) in [5.41, 5.74) is 3.14. The maximum Gasteiger partial charge on any atom is 0.291 e. The minimum Gasteiger partial charge on any atom is -0.468 e. The molecule has 1 N–H and O–H groups in total. The predicted molar refractivity (Wildman–Crippen MR) is 121 cm³/mol. The summed E-state index contributed by atoms with van der Waals surface area (Å²) in [6.45, 7) is 13.5. The van der Waals surface area contributed by atoms with E-state index in [4.69, 9.17) is 9.15 Å². The van der Waals surface area contributed by atoms with Crippen LogP contribution < -0.4 is 10.2 Å². The van der Waals surface area contributed by atoms with Crippen molar-refractivity contribution >= 4 is 6.08 Å². The predicted octanol–water partition coefficient (Wildman–Crippen LogP) is 5.77. The maximum absolute atomic E-state index is 12.2. The molecular weight excluding hydrogens is 364 g/mol. The molecule has 1 heterocycles. The molecule has 0 aromatic carbocycles. The van der Waals surface area contributed by atoms with Gasteiger partial charge in [-0.25, -0.2) is 0 Å². The van der Waals surface area contributed by atoms with Gasteiger partial charge in [0, 0.05) is 11.5 Å². The van der Waals surface area contributed by atoms with Gasteiger partial charge >= 0.3 is 0 Å². The van der Waals surface area contributed by atoms with Crippen LogP contribution >= 0.6 is 0 Å². The van der Waals surface area contributed by atoms with E-state index in [1.807, 2.05) is 45.9 Å². The summed E-state index contributed by atoms with van der Waals surface area (Å²) in [4.78, 5) is 12.2. The van der Waals surface area contributed by atoms with Gasteiger partial charge in [0.15, 0.2) is 5.43 Å². The molecule has 0 fully saturated rings. The molecule has 0 saturated heterocycles. The average Bonchev–Trinajstić information content (AvgIpc) is 2.70. The van der Waals surface area contributed by atoms with Gasteiger partial charge in [-0.15, -0.1) is 0 Å². The molecule has 0 bridgehead atoms. The van der Waals surface area contributed by atoms with Gasteiger partial charge in [0.25, 0.3) is 5.95 Å². The van der Waals surface area contributed by atoms with Crippen LogP contribution in [0.4, 0.5) is 0 Å². The van der Waals surface area contributed by atoms with Gasteiger partial charge < -0.3 is 14.3 Å². The molecule has 1 rings (SSSR count). The smallest absolute Gasteiger partial charge is 0.291 e. The van der Waals surface area contributed by atoms with Crippen molar-refractivity contribution in [3.8, 4) is 5.95 Å². The Kier molecular flexibility index (Phi) is 9.90. The Morgan fingerprint density at radius 2 is 1.86 bits per heavy atom. The largest absolute Gasteiger partial charge is 0.468 e. The third-order valence-electron chi connectivity index (χ3n) is 5.16. The van der Waals surface area contributed by atoms with Crippen LogP contribution in [0.2, 0.25) is 0 Å². The van der Waals surface area contributed by atoms with Crippen LogP contribution in [0.1, 0.15) is 57.9 Å². The van der Waals surface area contributed by atoms with E-state index < -0.39 is 6.10 Å². The number of rotatable bonds is 9. The van der Waals surface area contributed by atoms with Crippen molar-refractivity contribution in [2.75, 3.05) is 7.11 Å². The molecule has 4 nitrogen and oxygen atoms in total. The van der Waals surface area contributed by atoms with E-state index in [-0.39, 0.29) is 23.2 Å². The first kappa shape index (κ1) is 24.7. The lowest BCUT2D eigenvalue weighted by molar-refractivity contribution is 0.173. The Bertz CT molecular complexity index is 852. The average molecular weight is 401 g/mol. The van der Waals surface area contributed by atoms with Gasteiger partial charge in [-0.3, -0.25) is 4.79 Å². The van der Waals surface area contributed by atoms with Gasteiger partial charge in [-0.1, -0.05) is 49.8 Å². The third-order valence-corrected chi connectivity index (χ3v) is 5.16. The number of ether oxygens (including phenoxy) is 1. The molecule has 1 aromatic heterocycles. The quantitative estimate of drug-likeness (QED) is 0.422. The van der Waals surface area contributed by atoms with Gasteiger partial charge in [0.1, 0.15) is 5.76 Å². The lowest BCUT2D eigenvalue weighted by Gasteiger charge is -2.16. The first-order chi connectivity index (χ1) is 13.6. The summed E-state index contributed by atoms with van der Waals surface area (Å²) in [7, 11) is 1.50. The first-order valence-corrected chi connectivity index (χ1v) is 10.1. The van der Waals surface area contributed by atoms with Crippen molar-refractivity contribution in [2.45, 2.75) is 61.0 Å². The molecule has 0 aliphatic carbocycles. The number of hydrogen-bond acceptors (Lipinski definition) is 4. The number of hydrogen-bond donors (Lipinski definition) is 1. The van der Waals surface area contributed by atoms with Crippen LogP contribution in [0.5, 0.6) is 5.95 Å². The Labute approximate surface area is 175 Å².